The number of hydrogen-bond donors (Lipinski definition) is 0. The van der Waals surface area contributed by atoms with E-state index >= 15 is 0 Å². The molecule has 116 valence electrons. The fourth-order valence-electron chi connectivity index (χ4n) is 2.18. The second-order valence-corrected chi connectivity index (χ2v) is 6.25. The number of carbonyl (C=O) groups excluding carboxylic acids is 2. The smallest absolute Gasteiger partial charge is 0.410 e. The highest BCUT2D eigenvalue weighted by Gasteiger charge is 2.30. The van der Waals surface area contributed by atoms with Gasteiger partial charge in [-0.3, -0.25) is 4.79 Å². The lowest BCUT2D eigenvalue weighted by molar-refractivity contribution is 0.0198. The first-order valence-corrected chi connectivity index (χ1v) is 7.09. The monoisotopic (exact) mass is 295 g/mol. The number of carbonyl (C=O) groups is 2. The summed E-state index contributed by atoms with van der Waals surface area (Å²) in [7, 11) is 0. The number of aromatic nitrogens is 2. The van der Waals surface area contributed by atoms with Crippen molar-refractivity contribution < 1.29 is 18.8 Å². The summed E-state index contributed by atoms with van der Waals surface area (Å²) in [5, 5.41) is 3.65. The number of piperidine rings is 1. The molecule has 1 aromatic heterocycles. The van der Waals surface area contributed by atoms with Crippen LogP contribution in [0.3, 0.4) is 0 Å². The van der Waals surface area contributed by atoms with Gasteiger partial charge in [-0.2, -0.15) is 4.98 Å². The van der Waals surface area contributed by atoms with Crippen molar-refractivity contribution in [3.05, 3.63) is 11.7 Å². The predicted octanol–water partition coefficient (Wildman–Crippen LogP) is 2.39. The average molecular weight is 295 g/mol. The summed E-state index contributed by atoms with van der Waals surface area (Å²) in [6.07, 6.45) is 1.15. The Morgan fingerprint density at radius 3 is 2.38 bits per heavy atom. The average Bonchev–Trinajstić information content (AvgIpc) is 2.86. The molecule has 0 radical (unpaired) electrons. The third kappa shape index (κ3) is 4.03. The fourth-order valence-corrected chi connectivity index (χ4v) is 2.18. The highest BCUT2D eigenvalue weighted by Crippen LogP contribution is 2.27. The second kappa shape index (κ2) is 5.83. The van der Waals surface area contributed by atoms with E-state index < -0.39 is 5.60 Å². The summed E-state index contributed by atoms with van der Waals surface area (Å²) in [5.41, 5.74) is -0.489. The van der Waals surface area contributed by atoms with Gasteiger partial charge in [-0.25, -0.2) is 4.79 Å². The number of likely N-dealkylation sites (tertiary alicyclic amines) is 1. The summed E-state index contributed by atoms with van der Waals surface area (Å²) in [4.78, 5) is 28.9. The third-order valence-electron chi connectivity index (χ3n) is 3.25. The van der Waals surface area contributed by atoms with E-state index in [-0.39, 0.29) is 23.6 Å². The van der Waals surface area contributed by atoms with E-state index in [0.29, 0.717) is 19.0 Å². The molecule has 0 saturated carbocycles. The molecular weight excluding hydrogens is 274 g/mol. The Morgan fingerprint density at radius 2 is 1.90 bits per heavy atom. The molecule has 0 bridgehead atoms. The minimum absolute atomic E-state index is 0.0873. The summed E-state index contributed by atoms with van der Waals surface area (Å²) in [6.45, 7) is 8.10. The standard InChI is InChI=1S/C14H21N3O4/c1-9(18)11-15-12(21-16-11)10-5-7-17(8-6-10)13(19)20-14(2,3)4/h10H,5-8H2,1-4H3. The molecule has 1 aromatic rings. The Kier molecular flexibility index (Phi) is 4.29. The maximum atomic E-state index is 12.0. The quantitative estimate of drug-likeness (QED) is 0.779. The van der Waals surface area contributed by atoms with E-state index in [9.17, 15) is 9.59 Å². The Bertz CT molecular complexity index is 525. The van der Waals surface area contributed by atoms with E-state index in [1.807, 2.05) is 20.8 Å². The van der Waals surface area contributed by atoms with Gasteiger partial charge < -0.3 is 14.2 Å². The molecule has 1 aliphatic heterocycles. The maximum Gasteiger partial charge on any atom is 0.410 e. The van der Waals surface area contributed by atoms with Crippen LogP contribution in [0.2, 0.25) is 0 Å². The first kappa shape index (κ1) is 15.5. The van der Waals surface area contributed by atoms with Gasteiger partial charge in [0, 0.05) is 25.9 Å². The molecule has 1 amide bonds. The van der Waals surface area contributed by atoms with E-state index in [2.05, 4.69) is 10.1 Å². The number of rotatable bonds is 2. The van der Waals surface area contributed by atoms with Crippen molar-refractivity contribution in [2.45, 2.75) is 52.1 Å². The largest absolute Gasteiger partial charge is 0.444 e. The zero-order valence-electron chi connectivity index (χ0n) is 12.9. The summed E-state index contributed by atoms with van der Waals surface area (Å²) >= 11 is 0. The second-order valence-electron chi connectivity index (χ2n) is 6.25. The minimum atomic E-state index is -0.489. The Hall–Kier alpha value is -1.92. The Balaban J connectivity index is 1.90. The molecule has 1 fully saturated rings. The molecule has 0 N–H and O–H groups in total. The number of ether oxygens (including phenoxy) is 1. The Morgan fingerprint density at radius 1 is 1.29 bits per heavy atom. The third-order valence-corrected chi connectivity index (χ3v) is 3.25. The van der Waals surface area contributed by atoms with Crippen LogP contribution in [0.25, 0.3) is 0 Å². The van der Waals surface area contributed by atoms with E-state index in [4.69, 9.17) is 9.26 Å². The SMILES string of the molecule is CC(=O)c1noc(C2CCN(C(=O)OC(C)(C)C)CC2)n1. The minimum Gasteiger partial charge on any atom is -0.444 e. The Labute approximate surface area is 123 Å². The molecule has 0 aromatic carbocycles. The van der Waals surface area contributed by atoms with Gasteiger partial charge in [0.1, 0.15) is 5.60 Å². The van der Waals surface area contributed by atoms with Gasteiger partial charge in [0.05, 0.1) is 0 Å². The van der Waals surface area contributed by atoms with Crippen LogP contribution in [-0.4, -0.2) is 45.6 Å². The lowest BCUT2D eigenvalue weighted by Gasteiger charge is -2.32. The van der Waals surface area contributed by atoms with Crippen molar-refractivity contribution in [2.24, 2.45) is 0 Å². The zero-order chi connectivity index (χ0) is 15.6. The molecule has 21 heavy (non-hydrogen) atoms. The van der Waals surface area contributed by atoms with E-state index in [1.54, 1.807) is 4.90 Å². The van der Waals surface area contributed by atoms with E-state index in [1.165, 1.54) is 6.92 Å². The van der Waals surface area contributed by atoms with Gasteiger partial charge in [-0.15, -0.1) is 0 Å². The summed E-state index contributed by atoms with van der Waals surface area (Å²) in [6, 6.07) is 0. The molecule has 0 aliphatic carbocycles. The van der Waals surface area contributed by atoms with Gasteiger partial charge >= 0.3 is 6.09 Å². The summed E-state index contributed by atoms with van der Waals surface area (Å²) in [5.74, 6) is 0.462. The fraction of sp³-hybridized carbons (Fsp3) is 0.714. The molecule has 2 rings (SSSR count). The zero-order valence-corrected chi connectivity index (χ0v) is 12.9. The van der Waals surface area contributed by atoms with Crippen molar-refractivity contribution in [1.29, 1.82) is 0 Å². The highest BCUT2D eigenvalue weighted by molar-refractivity contribution is 5.89. The van der Waals surface area contributed by atoms with Crippen molar-refractivity contribution in [3.8, 4) is 0 Å². The molecule has 0 spiro atoms. The molecule has 7 heteroatoms. The van der Waals surface area contributed by atoms with Gasteiger partial charge in [0.2, 0.25) is 17.5 Å². The summed E-state index contributed by atoms with van der Waals surface area (Å²) < 4.78 is 10.5. The first-order chi connectivity index (χ1) is 9.76. The first-order valence-electron chi connectivity index (χ1n) is 7.09. The van der Waals surface area contributed by atoms with Crippen LogP contribution in [0.15, 0.2) is 4.52 Å². The number of Topliss-reactive ketones (excluding diaryl/α,β-unsaturated/α-hetero) is 1. The van der Waals surface area contributed by atoms with Crippen molar-refractivity contribution in [1.82, 2.24) is 15.0 Å². The highest BCUT2D eigenvalue weighted by atomic mass is 16.6. The van der Waals surface area contributed by atoms with Gasteiger partial charge in [-0.05, 0) is 33.6 Å². The lowest BCUT2D eigenvalue weighted by atomic mass is 9.97. The van der Waals surface area contributed by atoms with Crippen LogP contribution in [0.1, 0.15) is 63.0 Å². The topological polar surface area (TPSA) is 85.5 Å². The van der Waals surface area contributed by atoms with Crippen molar-refractivity contribution in [3.63, 3.8) is 0 Å². The van der Waals surface area contributed by atoms with Gasteiger partial charge in [0.15, 0.2) is 0 Å². The van der Waals surface area contributed by atoms with Crippen LogP contribution < -0.4 is 0 Å². The normalized spacial score (nSPS) is 16.9. The van der Waals surface area contributed by atoms with E-state index in [0.717, 1.165) is 12.8 Å². The van der Waals surface area contributed by atoms with Crippen LogP contribution in [0.4, 0.5) is 4.79 Å². The van der Waals surface area contributed by atoms with Crippen LogP contribution >= 0.6 is 0 Å². The number of amides is 1. The molecule has 7 nitrogen and oxygen atoms in total. The van der Waals surface area contributed by atoms with Crippen LogP contribution in [0, 0.1) is 0 Å². The predicted molar refractivity (Wildman–Crippen MR) is 74.1 cm³/mol. The lowest BCUT2D eigenvalue weighted by Crippen LogP contribution is -2.41. The number of hydrogen-bond acceptors (Lipinski definition) is 6. The molecular formula is C14H21N3O4. The van der Waals surface area contributed by atoms with Crippen molar-refractivity contribution >= 4 is 11.9 Å². The number of nitrogens with zero attached hydrogens (tertiary/aromatic N) is 3. The van der Waals surface area contributed by atoms with Crippen LogP contribution in [-0.2, 0) is 4.74 Å². The molecule has 0 unspecified atom stereocenters. The molecule has 1 aliphatic rings. The van der Waals surface area contributed by atoms with Crippen molar-refractivity contribution in [2.75, 3.05) is 13.1 Å². The van der Waals surface area contributed by atoms with Gasteiger partial charge in [-0.1, -0.05) is 5.16 Å². The molecule has 0 atom stereocenters. The number of ketones is 1. The maximum absolute atomic E-state index is 12.0. The molecule has 2 heterocycles. The van der Waals surface area contributed by atoms with Crippen LogP contribution in [0.5, 0.6) is 0 Å². The molecule has 1 saturated heterocycles. The van der Waals surface area contributed by atoms with Gasteiger partial charge in [0.25, 0.3) is 0 Å².